The number of carbonyl (C=O) groups is 2. The lowest BCUT2D eigenvalue weighted by Crippen LogP contribution is -2.17. The predicted molar refractivity (Wildman–Crippen MR) is 137 cm³/mol. The number of ether oxygens (including phenoxy) is 1. The van der Waals surface area contributed by atoms with Gasteiger partial charge in [0.05, 0.1) is 28.9 Å². The number of hydrazone groups is 1. The maximum Gasteiger partial charge on any atom is 0.337 e. The number of aromatic nitrogens is 1. The number of nitrogens with one attached hydrogen (secondary N) is 1. The van der Waals surface area contributed by atoms with Crippen LogP contribution in [-0.2, 0) is 11.3 Å². The number of benzene rings is 3. The first-order valence-corrected chi connectivity index (χ1v) is 11.7. The molecule has 0 spiro atoms. The molecule has 0 aliphatic heterocycles. The molecule has 1 heterocycles. The Morgan fingerprint density at radius 1 is 1.12 bits per heavy atom. The minimum Gasteiger partial charge on any atom is -0.506 e. The molecule has 34 heavy (non-hydrogen) atoms. The van der Waals surface area contributed by atoms with Gasteiger partial charge >= 0.3 is 5.97 Å². The number of halogens is 2. The molecule has 0 unspecified atom stereocenters. The van der Waals surface area contributed by atoms with Gasteiger partial charge in [0.2, 0.25) is 0 Å². The van der Waals surface area contributed by atoms with Gasteiger partial charge in [-0.15, -0.1) is 0 Å². The summed E-state index contributed by atoms with van der Waals surface area (Å²) >= 11 is 6.52. The van der Waals surface area contributed by atoms with Crippen molar-refractivity contribution in [2.75, 3.05) is 7.11 Å². The smallest absolute Gasteiger partial charge is 0.337 e. The van der Waals surface area contributed by atoms with E-state index in [0.717, 1.165) is 22.0 Å². The average molecular weight is 585 g/mol. The molecule has 4 rings (SSSR count). The summed E-state index contributed by atoms with van der Waals surface area (Å²) < 4.78 is 7.90. The molecule has 0 aliphatic rings. The molecule has 1 amide bonds. The van der Waals surface area contributed by atoms with Crippen molar-refractivity contribution in [1.29, 1.82) is 0 Å². The molecule has 7 nitrogen and oxygen atoms in total. The largest absolute Gasteiger partial charge is 0.506 e. The molecule has 9 heteroatoms. The van der Waals surface area contributed by atoms with Crippen molar-refractivity contribution in [3.05, 3.63) is 98.1 Å². The Bertz CT molecular complexity index is 1430. The molecule has 0 radical (unpaired) electrons. The first-order chi connectivity index (χ1) is 16.4. The second kappa shape index (κ2) is 10.2. The van der Waals surface area contributed by atoms with Crippen LogP contribution in [0.15, 0.2) is 80.9 Å². The summed E-state index contributed by atoms with van der Waals surface area (Å²) in [4.78, 5) is 24.4. The van der Waals surface area contributed by atoms with Gasteiger partial charge < -0.3 is 14.4 Å². The van der Waals surface area contributed by atoms with Crippen LogP contribution in [-0.4, -0.2) is 34.9 Å². The standard InChI is InChI=1S/C25H19Br2N3O4/c1-34-25(33)16-6-4-5-15(9-16)13-30-14-17(19-7-2-3-8-22(19)30)12-28-29-24(32)20-10-18(26)11-21(27)23(20)31/h2-12,14,31H,13H2,1H3,(H,29,32)/b28-12-. The van der Waals surface area contributed by atoms with Crippen LogP contribution in [0, 0.1) is 0 Å². The van der Waals surface area contributed by atoms with Crippen molar-refractivity contribution >= 4 is 60.9 Å². The summed E-state index contributed by atoms with van der Waals surface area (Å²) in [5, 5.41) is 15.2. The molecule has 3 aromatic carbocycles. The van der Waals surface area contributed by atoms with Crippen LogP contribution in [0.4, 0.5) is 0 Å². The van der Waals surface area contributed by atoms with Crippen molar-refractivity contribution in [3.8, 4) is 5.75 Å². The predicted octanol–water partition coefficient (Wildman–Crippen LogP) is 5.47. The lowest BCUT2D eigenvalue weighted by molar-refractivity contribution is 0.0600. The van der Waals surface area contributed by atoms with Crippen LogP contribution in [0.25, 0.3) is 10.9 Å². The maximum atomic E-state index is 12.5. The Hall–Kier alpha value is -3.43. The normalized spacial score (nSPS) is 11.1. The highest BCUT2D eigenvalue weighted by atomic mass is 79.9. The summed E-state index contributed by atoms with van der Waals surface area (Å²) in [5.41, 5.74) is 5.76. The fourth-order valence-corrected chi connectivity index (χ4v) is 4.81. The first-order valence-electron chi connectivity index (χ1n) is 10.1. The Morgan fingerprint density at radius 2 is 1.91 bits per heavy atom. The van der Waals surface area contributed by atoms with Gasteiger partial charge in [0.15, 0.2) is 0 Å². The van der Waals surface area contributed by atoms with E-state index in [1.807, 2.05) is 47.2 Å². The molecule has 4 aromatic rings. The summed E-state index contributed by atoms with van der Waals surface area (Å²) in [5.74, 6) is -1.09. The van der Waals surface area contributed by atoms with Crippen molar-refractivity contribution in [3.63, 3.8) is 0 Å². The van der Waals surface area contributed by atoms with E-state index in [4.69, 9.17) is 4.74 Å². The lowest BCUT2D eigenvalue weighted by atomic mass is 10.1. The molecular weight excluding hydrogens is 566 g/mol. The zero-order valence-corrected chi connectivity index (χ0v) is 21.1. The summed E-state index contributed by atoms with van der Waals surface area (Å²) in [6.07, 6.45) is 3.49. The van der Waals surface area contributed by atoms with Gasteiger partial charge in [-0.2, -0.15) is 5.10 Å². The molecule has 0 aliphatic carbocycles. The number of amides is 1. The quantitative estimate of drug-likeness (QED) is 0.178. The van der Waals surface area contributed by atoms with Crippen molar-refractivity contribution in [2.24, 2.45) is 5.10 Å². The number of hydrogen-bond acceptors (Lipinski definition) is 5. The second-order valence-electron chi connectivity index (χ2n) is 7.40. The van der Waals surface area contributed by atoms with E-state index in [2.05, 4.69) is 42.4 Å². The number of rotatable bonds is 6. The highest BCUT2D eigenvalue weighted by molar-refractivity contribution is 9.11. The van der Waals surface area contributed by atoms with Crippen LogP contribution in [0.2, 0.25) is 0 Å². The summed E-state index contributed by atoms with van der Waals surface area (Å²) in [6, 6.07) is 18.3. The van der Waals surface area contributed by atoms with Crippen molar-refractivity contribution < 1.29 is 19.4 Å². The second-order valence-corrected chi connectivity index (χ2v) is 9.17. The molecule has 1 aromatic heterocycles. The third-order valence-electron chi connectivity index (χ3n) is 5.16. The molecule has 2 N–H and O–H groups in total. The Kier molecular flexibility index (Phi) is 7.14. The van der Waals surface area contributed by atoms with Gasteiger partial charge in [-0.05, 0) is 51.8 Å². The van der Waals surface area contributed by atoms with Crippen LogP contribution < -0.4 is 5.43 Å². The number of phenols is 1. The van der Waals surface area contributed by atoms with E-state index >= 15 is 0 Å². The number of esters is 1. The van der Waals surface area contributed by atoms with Gasteiger partial charge in [0.25, 0.3) is 5.91 Å². The number of aromatic hydroxyl groups is 1. The maximum absolute atomic E-state index is 12.5. The SMILES string of the molecule is COC(=O)c1cccc(Cn2cc(/C=N\NC(=O)c3cc(Br)cc(Br)c3O)c3ccccc32)c1. The molecule has 0 saturated carbocycles. The monoisotopic (exact) mass is 583 g/mol. The molecule has 0 bridgehead atoms. The van der Waals surface area contributed by atoms with E-state index in [0.29, 0.717) is 21.1 Å². The molecule has 172 valence electrons. The third kappa shape index (κ3) is 5.05. The van der Waals surface area contributed by atoms with E-state index in [1.54, 1.807) is 24.4 Å². The van der Waals surface area contributed by atoms with Crippen molar-refractivity contribution in [2.45, 2.75) is 6.54 Å². The topological polar surface area (TPSA) is 92.9 Å². The fraction of sp³-hybridized carbons (Fsp3) is 0.0800. The fourth-order valence-electron chi connectivity index (χ4n) is 3.58. The molecule has 0 atom stereocenters. The van der Waals surface area contributed by atoms with E-state index in [-0.39, 0.29) is 17.3 Å². The average Bonchev–Trinajstić information content (AvgIpc) is 3.18. The Labute approximate surface area is 212 Å². The minimum absolute atomic E-state index is 0.0892. The summed E-state index contributed by atoms with van der Waals surface area (Å²) in [6.45, 7) is 0.533. The lowest BCUT2D eigenvalue weighted by Gasteiger charge is -2.07. The highest BCUT2D eigenvalue weighted by Gasteiger charge is 2.15. The van der Waals surface area contributed by atoms with Crippen LogP contribution in [0.5, 0.6) is 5.75 Å². The van der Waals surface area contributed by atoms with Crippen LogP contribution >= 0.6 is 31.9 Å². The highest BCUT2D eigenvalue weighted by Crippen LogP contribution is 2.31. The van der Waals surface area contributed by atoms with Crippen LogP contribution in [0.3, 0.4) is 0 Å². The number of nitrogens with zero attached hydrogens (tertiary/aromatic N) is 2. The van der Waals surface area contributed by atoms with Gasteiger partial charge in [0.1, 0.15) is 5.75 Å². The molecule has 0 saturated heterocycles. The van der Waals surface area contributed by atoms with Crippen molar-refractivity contribution in [1.82, 2.24) is 9.99 Å². The number of para-hydroxylation sites is 1. The molecule has 0 fully saturated rings. The van der Waals surface area contributed by atoms with Crippen LogP contribution in [0.1, 0.15) is 31.8 Å². The number of fused-ring (bicyclic) bond motifs is 1. The van der Waals surface area contributed by atoms with Gasteiger partial charge in [-0.1, -0.05) is 46.3 Å². The minimum atomic E-state index is -0.542. The molecular formula is C25H19Br2N3O4. The summed E-state index contributed by atoms with van der Waals surface area (Å²) in [7, 11) is 1.36. The number of phenolic OH excluding ortho intramolecular Hbond substituents is 1. The number of hydrogen-bond donors (Lipinski definition) is 2. The van der Waals surface area contributed by atoms with Gasteiger partial charge in [0, 0.05) is 33.7 Å². The number of methoxy groups -OCH3 is 1. The van der Waals surface area contributed by atoms with Gasteiger partial charge in [-0.25, -0.2) is 10.2 Å². The zero-order valence-electron chi connectivity index (χ0n) is 18.0. The Morgan fingerprint density at radius 3 is 2.71 bits per heavy atom. The van der Waals surface area contributed by atoms with E-state index in [1.165, 1.54) is 13.2 Å². The first kappa shape index (κ1) is 23.7. The third-order valence-corrected chi connectivity index (χ3v) is 6.23. The van der Waals surface area contributed by atoms with E-state index < -0.39 is 5.91 Å². The van der Waals surface area contributed by atoms with E-state index in [9.17, 15) is 14.7 Å². The number of carbonyl (C=O) groups excluding carboxylic acids is 2. The zero-order chi connectivity index (χ0) is 24.2. The van der Waals surface area contributed by atoms with Gasteiger partial charge in [-0.3, -0.25) is 4.79 Å². The Balaban J connectivity index is 1.58.